The lowest BCUT2D eigenvalue weighted by atomic mass is 10.4. The molecule has 0 heterocycles. The summed E-state index contributed by atoms with van der Waals surface area (Å²) in [5.74, 6) is 0.573. The Kier molecular flexibility index (Phi) is 2.39. The molecule has 1 radical (unpaired) electrons. The molecule has 3 heteroatoms. The van der Waals surface area contributed by atoms with E-state index >= 15 is 0 Å². The van der Waals surface area contributed by atoms with E-state index in [9.17, 15) is 8.78 Å². The van der Waals surface area contributed by atoms with Crippen LogP contribution in [0.4, 0.5) is 8.78 Å². The molecule has 1 unspecified atom stereocenters. The summed E-state index contributed by atoms with van der Waals surface area (Å²) in [7, 11) is 0. The van der Waals surface area contributed by atoms with Crippen LogP contribution in [-0.2, 0) is 0 Å². The summed E-state index contributed by atoms with van der Waals surface area (Å²) >= 11 is 0. The van der Waals surface area contributed by atoms with Crippen LogP contribution >= 0.6 is 0 Å². The molecule has 1 aliphatic carbocycles. The van der Waals surface area contributed by atoms with Crippen molar-refractivity contribution >= 4 is 0 Å². The van der Waals surface area contributed by atoms with E-state index in [1.54, 1.807) is 0 Å². The quantitative estimate of drug-likeness (QED) is 0.606. The minimum Gasteiger partial charge on any atom is -0.311 e. The minimum atomic E-state index is -2.20. The lowest BCUT2D eigenvalue weighted by Crippen LogP contribution is -2.23. The van der Waals surface area contributed by atoms with Gasteiger partial charge < -0.3 is 5.32 Å². The Morgan fingerprint density at radius 2 is 2.33 bits per heavy atom. The van der Waals surface area contributed by atoms with Crippen molar-refractivity contribution in [2.24, 2.45) is 5.92 Å². The number of nitrogens with one attached hydrogen (secondary N) is 1. The van der Waals surface area contributed by atoms with Crippen LogP contribution in [0.3, 0.4) is 0 Å². The molecule has 0 bridgehead atoms. The third-order valence-electron chi connectivity index (χ3n) is 1.27. The van der Waals surface area contributed by atoms with Crippen LogP contribution in [0.1, 0.15) is 6.42 Å². The smallest absolute Gasteiger partial charge is 0.250 e. The third-order valence-corrected chi connectivity index (χ3v) is 1.27. The fourth-order valence-electron chi connectivity index (χ4n) is 0.641. The molecule has 0 aromatic heterocycles. The maximum atomic E-state index is 11.4. The van der Waals surface area contributed by atoms with Gasteiger partial charge in [0.05, 0.1) is 6.54 Å². The fraction of sp³-hybridized carbons (Fsp3) is 0.833. The number of rotatable bonds is 4. The molecule has 1 nitrogen and oxygen atoms in total. The Morgan fingerprint density at radius 3 is 2.78 bits per heavy atom. The van der Waals surface area contributed by atoms with Crippen molar-refractivity contribution in [1.82, 2.24) is 5.32 Å². The zero-order valence-electron chi connectivity index (χ0n) is 5.11. The molecule has 1 aliphatic rings. The highest BCUT2D eigenvalue weighted by molar-refractivity contribution is 4.95. The van der Waals surface area contributed by atoms with Gasteiger partial charge in [0.15, 0.2) is 0 Å². The maximum absolute atomic E-state index is 11.4. The summed E-state index contributed by atoms with van der Waals surface area (Å²) in [5.41, 5.74) is 0. The first-order valence-corrected chi connectivity index (χ1v) is 3.11. The predicted octanol–water partition coefficient (Wildman–Crippen LogP) is 1.07. The molecule has 9 heavy (non-hydrogen) atoms. The first-order chi connectivity index (χ1) is 4.29. The van der Waals surface area contributed by atoms with Gasteiger partial charge in [0.2, 0.25) is 0 Å². The lowest BCUT2D eigenvalue weighted by Gasteiger charge is -1.99. The van der Waals surface area contributed by atoms with Gasteiger partial charge in [-0.25, -0.2) is 8.78 Å². The largest absolute Gasteiger partial charge is 0.311 e. The molecule has 0 amide bonds. The van der Waals surface area contributed by atoms with Crippen LogP contribution in [0.25, 0.3) is 0 Å². The highest BCUT2D eigenvalue weighted by Gasteiger charge is 2.21. The second-order valence-electron chi connectivity index (χ2n) is 2.28. The first-order valence-electron chi connectivity index (χ1n) is 3.11. The van der Waals surface area contributed by atoms with Crippen molar-refractivity contribution < 1.29 is 8.78 Å². The van der Waals surface area contributed by atoms with E-state index in [1.165, 1.54) is 0 Å². The zero-order chi connectivity index (χ0) is 6.69. The summed E-state index contributed by atoms with van der Waals surface area (Å²) in [6.07, 6.45) is 0.998. The molecule has 53 valence electrons. The summed E-state index contributed by atoms with van der Waals surface area (Å²) < 4.78 is 22.9. The van der Waals surface area contributed by atoms with E-state index < -0.39 is 6.43 Å². The fourth-order valence-corrected chi connectivity index (χ4v) is 0.641. The van der Waals surface area contributed by atoms with Crippen LogP contribution in [-0.4, -0.2) is 19.5 Å². The molecule has 0 aromatic rings. The van der Waals surface area contributed by atoms with E-state index in [1.807, 2.05) is 0 Å². The molecule has 0 saturated heterocycles. The number of hydrogen-bond acceptors (Lipinski definition) is 1. The topological polar surface area (TPSA) is 12.0 Å². The van der Waals surface area contributed by atoms with Crippen molar-refractivity contribution in [2.45, 2.75) is 12.8 Å². The Bertz CT molecular complexity index is 79.1. The van der Waals surface area contributed by atoms with Crippen molar-refractivity contribution in [1.29, 1.82) is 0 Å². The van der Waals surface area contributed by atoms with E-state index in [0.717, 1.165) is 13.0 Å². The summed E-state index contributed by atoms with van der Waals surface area (Å²) in [5, 5.41) is 2.67. The molecule has 1 N–H and O–H groups in total. The maximum Gasteiger partial charge on any atom is 0.250 e. The van der Waals surface area contributed by atoms with Gasteiger partial charge >= 0.3 is 0 Å². The summed E-state index contributed by atoms with van der Waals surface area (Å²) in [6, 6.07) is 0. The highest BCUT2D eigenvalue weighted by Crippen LogP contribution is 2.25. The molecule has 1 fully saturated rings. The van der Waals surface area contributed by atoms with Gasteiger partial charge in [-0.05, 0) is 25.3 Å². The van der Waals surface area contributed by atoms with Crippen LogP contribution < -0.4 is 5.32 Å². The van der Waals surface area contributed by atoms with Crippen LogP contribution in [0.15, 0.2) is 0 Å². The summed E-state index contributed by atoms with van der Waals surface area (Å²) in [6.45, 7) is 0.564. The van der Waals surface area contributed by atoms with Crippen molar-refractivity contribution in [2.75, 3.05) is 13.1 Å². The van der Waals surface area contributed by atoms with Crippen molar-refractivity contribution in [3.8, 4) is 0 Å². The van der Waals surface area contributed by atoms with Gasteiger partial charge in [-0.3, -0.25) is 0 Å². The Morgan fingerprint density at radius 1 is 1.67 bits per heavy atom. The molecule has 1 rings (SSSR count). The number of hydrogen-bond donors (Lipinski definition) is 1. The third kappa shape index (κ3) is 3.40. The number of alkyl halides is 2. The predicted molar refractivity (Wildman–Crippen MR) is 31.3 cm³/mol. The van der Waals surface area contributed by atoms with Crippen LogP contribution in [0, 0.1) is 12.3 Å². The standard InChI is InChI=1S/C6H10F2N/c7-6(8)4-9-3-5-1-2-5/h1,5-6,9H,2-4H2. The molecular formula is C6H10F2N. The average Bonchev–Trinajstić information content (AvgIpc) is 2.48. The normalized spacial score (nSPS) is 19.0. The monoisotopic (exact) mass is 134 g/mol. The van der Waals surface area contributed by atoms with Gasteiger partial charge in [0.25, 0.3) is 6.43 Å². The Labute approximate surface area is 53.4 Å². The van der Waals surface area contributed by atoms with E-state index in [-0.39, 0.29) is 6.54 Å². The molecular weight excluding hydrogens is 124 g/mol. The second-order valence-corrected chi connectivity index (χ2v) is 2.28. The van der Waals surface area contributed by atoms with Gasteiger partial charge in [-0.2, -0.15) is 0 Å². The second kappa shape index (κ2) is 3.11. The minimum absolute atomic E-state index is 0.162. The van der Waals surface area contributed by atoms with Crippen LogP contribution in [0.5, 0.6) is 0 Å². The molecule has 0 aliphatic heterocycles. The van der Waals surface area contributed by atoms with Crippen molar-refractivity contribution in [3.05, 3.63) is 6.42 Å². The van der Waals surface area contributed by atoms with Gasteiger partial charge in [0.1, 0.15) is 0 Å². The molecule has 1 atom stereocenters. The Balaban J connectivity index is 1.81. The van der Waals surface area contributed by atoms with E-state index in [0.29, 0.717) is 5.92 Å². The van der Waals surface area contributed by atoms with Gasteiger partial charge in [-0.15, -0.1) is 0 Å². The van der Waals surface area contributed by atoms with Gasteiger partial charge in [-0.1, -0.05) is 0 Å². The Hall–Kier alpha value is -0.180. The summed E-state index contributed by atoms with van der Waals surface area (Å²) in [4.78, 5) is 0. The number of halogens is 2. The molecule has 1 saturated carbocycles. The highest BCUT2D eigenvalue weighted by atomic mass is 19.3. The molecule has 0 aromatic carbocycles. The SMILES string of the molecule is FC(F)CNCC1[CH]C1. The van der Waals surface area contributed by atoms with Gasteiger partial charge in [0, 0.05) is 0 Å². The van der Waals surface area contributed by atoms with E-state index in [4.69, 9.17) is 0 Å². The van der Waals surface area contributed by atoms with E-state index in [2.05, 4.69) is 11.7 Å². The average molecular weight is 134 g/mol. The zero-order valence-corrected chi connectivity index (χ0v) is 5.11. The van der Waals surface area contributed by atoms with Crippen LogP contribution in [0.2, 0.25) is 0 Å². The lowest BCUT2D eigenvalue weighted by molar-refractivity contribution is 0.146. The molecule has 0 spiro atoms. The first kappa shape index (κ1) is 6.93. The van der Waals surface area contributed by atoms with Crippen molar-refractivity contribution in [3.63, 3.8) is 0 Å².